The molecule has 9 heteroatoms. The van der Waals surface area contributed by atoms with Crippen molar-refractivity contribution in [1.82, 2.24) is 19.7 Å². The lowest BCUT2D eigenvalue weighted by molar-refractivity contribution is 0.189. The van der Waals surface area contributed by atoms with E-state index < -0.39 is 0 Å². The van der Waals surface area contributed by atoms with E-state index in [0.717, 1.165) is 34.2 Å². The minimum absolute atomic E-state index is 0.500. The van der Waals surface area contributed by atoms with Gasteiger partial charge in [-0.3, -0.25) is 0 Å². The van der Waals surface area contributed by atoms with Gasteiger partial charge in [0.15, 0.2) is 11.0 Å². The molecule has 4 rings (SSSR count). The Bertz CT molecular complexity index is 1160. The molecule has 160 valence electrons. The molecule has 2 aromatic heterocycles. The number of rotatable bonds is 9. The summed E-state index contributed by atoms with van der Waals surface area (Å²) in [5.74, 6) is 1.82. The van der Waals surface area contributed by atoms with Crippen molar-refractivity contribution in [3.8, 4) is 22.8 Å². The molecule has 0 saturated carbocycles. The van der Waals surface area contributed by atoms with E-state index in [1.807, 2.05) is 48.5 Å². The Hall–Kier alpha value is -2.32. The molecule has 0 atom stereocenters. The lowest BCUT2D eigenvalue weighted by atomic mass is 10.2. The second-order valence-corrected chi connectivity index (χ2v) is 8.45. The van der Waals surface area contributed by atoms with Crippen molar-refractivity contribution in [2.45, 2.75) is 23.9 Å². The molecule has 0 N–H and O–H groups in total. The van der Waals surface area contributed by atoms with E-state index in [1.54, 1.807) is 25.1 Å². The first-order chi connectivity index (χ1) is 15.2. The zero-order valence-electron chi connectivity index (χ0n) is 16.8. The minimum Gasteiger partial charge on any atom is -0.444 e. The zero-order valence-corrected chi connectivity index (χ0v) is 19.1. The van der Waals surface area contributed by atoms with Crippen molar-refractivity contribution in [2.75, 3.05) is 13.7 Å². The van der Waals surface area contributed by atoms with Crippen LogP contribution in [-0.2, 0) is 17.0 Å². The van der Waals surface area contributed by atoms with Crippen molar-refractivity contribution in [1.29, 1.82) is 0 Å². The first-order valence-electron chi connectivity index (χ1n) is 9.66. The van der Waals surface area contributed by atoms with Gasteiger partial charge in [-0.15, -0.1) is 10.2 Å². The smallest absolute Gasteiger partial charge is 0.227 e. The van der Waals surface area contributed by atoms with Gasteiger partial charge in [0.2, 0.25) is 5.89 Å². The number of ether oxygens (including phenoxy) is 1. The summed E-state index contributed by atoms with van der Waals surface area (Å²) in [6.07, 6.45) is 2.48. The van der Waals surface area contributed by atoms with Crippen LogP contribution in [-0.4, -0.2) is 33.5 Å². The molecule has 6 nitrogen and oxygen atoms in total. The molecule has 2 aromatic carbocycles. The maximum atomic E-state index is 6.40. The third-order valence-electron chi connectivity index (χ3n) is 4.57. The largest absolute Gasteiger partial charge is 0.444 e. The fourth-order valence-electron chi connectivity index (χ4n) is 3.08. The van der Waals surface area contributed by atoms with Crippen molar-refractivity contribution < 1.29 is 9.15 Å². The average molecular weight is 475 g/mol. The lowest BCUT2D eigenvalue weighted by Gasteiger charge is -2.10. The average Bonchev–Trinajstić information content (AvgIpc) is 3.40. The Morgan fingerprint density at radius 3 is 2.42 bits per heavy atom. The lowest BCUT2D eigenvalue weighted by Crippen LogP contribution is -2.05. The summed E-state index contributed by atoms with van der Waals surface area (Å²) in [6, 6.07) is 15.1. The highest BCUT2D eigenvalue weighted by atomic mass is 35.5. The quantitative estimate of drug-likeness (QED) is 0.211. The van der Waals surface area contributed by atoms with Crippen LogP contribution >= 0.6 is 35.0 Å². The zero-order chi connectivity index (χ0) is 21.6. The number of hydrogen-bond acceptors (Lipinski definition) is 6. The number of methoxy groups -OCH3 is 1. The number of thioether (sulfide) groups is 1. The molecule has 0 aliphatic carbocycles. The summed E-state index contributed by atoms with van der Waals surface area (Å²) < 4.78 is 12.9. The van der Waals surface area contributed by atoms with Crippen LogP contribution in [0.25, 0.3) is 22.8 Å². The summed E-state index contributed by atoms with van der Waals surface area (Å²) in [5.41, 5.74) is 2.41. The maximum Gasteiger partial charge on any atom is 0.227 e. The predicted octanol–water partition coefficient (Wildman–Crippen LogP) is 6.24. The molecule has 2 heterocycles. The van der Waals surface area contributed by atoms with Crippen LogP contribution in [0.1, 0.15) is 12.1 Å². The monoisotopic (exact) mass is 474 g/mol. The summed E-state index contributed by atoms with van der Waals surface area (Å²) in [5, 5.41) is 10.8. The Labute approximate surface area is 194 Å². The predicted molar refractivity (Wildman–Crippen MR) is 123 cm³/mol. The molecule has 4 aromatic rings. The van der Waals surface area contributed by atoms with Gasteiger partial charge in [0.1, 0.15) is 6.26 Å². The molecular weight excluding hydrogens is 455 g/mol. The van der Waals surface area contributed by atoms with Gasteiger partial charge >= 0.3 is 0 Å². The van der Waals surface area contributed by atoms with E-state index in [9.17, 15) is 0 Å². The molecule has 0 aliphatic rings. The van der Waals surface area contributed by atoms with Gasteiger partial charge < -0.3 is 13.7 Å². The fraction of sp³-hybridized carbons (Fsp3) is 0.227. The van der Waals surface area contributed by atoms with Gasteiger partial charge in [0, 0.05) is 31.6 Å². The van der Waals surface area contributed by atoms with Gasteiger partial charge in [-0.05, 0) is 30.7 Å². The molecule has 0 radical (unpaired) electrons. The van der Waals surface area contributed by atoms with Crippen molar-refractivity contribution >= 4 is 35.0 Å². The van der Waals surface area contributed by atoms with Gasteiger partial charge in [-0.25, -0.2) is 4.98 Å². The Morgan fingerprint density at radius 2 is 1.71 bits per heavy atom. The van der Waals surface area contributed by atoms with E-state index in [-0.39, 0.29) is 0 Å². The maximum absolute atomic E-state index is 6.40. The number of benzene rings is 2. The molecule has 0 unspecified atom stereocenters. The van der Waals surface area contributed by atoms with E-state index in [1.165, 1.54) is 0 Å². The standard InChI is InChI=1S/C22H20Cl2N4O2S/c1-29-12-6-11-28-20(16-7-2-4-9-18(16)23)26-27-22(28)31-14-15-13-30-21(25-15)17-8-3-5-10-19(17)24/h2-5,7-10,13H,6,11-12,14H2,1H3. The van der Waals surface area contributed by atoms with Crippen LogP contribution in [0.2, 0.25) is 10.0 Å². The third-order valence-corrected chi connectivity index (χ3v) is 6.23. The Kier molecular flexibility index (Phi) is 7.29. The Balaban J connectivity index is 1.55. The number of oxazole rings is 1. The van der Waals surface area contributed by atoms with E-state index >= 15 is 0 Å². The summed E-state index contributed by atoms with van der Waals surface area (Å²) in [6.45, 7) is 1.36. The molecule has 0 fully saturated rings. The van der Waals surface area contributed by atoms with Crippen molar-refractivity contribution in [3.63, 3.8) is 0 Å². The molecule has 0 amide bonds. The first-order valence-corrected chi connectivity index (χ1v) is 11.4. The molecule has 0 aliphatic heterocycles. The van der Waals surface area contributed by atoms with Gasteiger partial charge in [0.05, 0.1) is 21.3 Å². The number of hydrogen-bond donors (Lipinski definition) is 0. The topological polar surface area (TPSA) is 66.0 Å². The fourth-order valence-corrected chi connectivity index (χ4v) is 4.35. The first kappa shape index (κ1) is 21.9. The summed E-state index contributed by atoms with van der Waals surface area (Å²) in [4.78, 5) is 4.57. The second kappa shape index (κ2) is 10.3. The van der Waals surface area contributed by atoms with Gasteiger partial charge in [-0.2, -0.15) is 0 Å². The van der Waals surface area contributed by atoms with E-state index in [0.29, 0.717) is 34.8 Å². The highest BCUT2D eigenvalue weighted by molar-refractivity contribution is 7.98. The molecule has 0 saturated heterocycles. The molecular formula is C22H20Cl2N4O2S. The number of aromatic nitrogens is 4. The van der Waals surface area contributed by atoms with Crippen molar-refractivity contribution in [3.05, 3.63) is 70.5 Å². The van der Waals surface area contributed by atoms with Crippen LogP contribution in [0.4, 0.5) is 0 Å². The Morgan fingerprint density at radius 1 is 1.00 bits per heavy atom. The third kappa shape index (κ3) is 5.13. The van der Waals surface area contributed by atoms with E-state index in [4.69, 9.17) is 32.4 Å². The minimum atomic E-state index is 0.500. The molecule has 31 heavy (non-hydrogen) atoms. The van der Waals surface area contributed by atoms with Crippen LogP contribution in [0.5, 0.6) is 0 Å². The highest BCUT2D eigenvalue weighted by Crippen LogP contribution is 2.32. The number of halogens is 2. The van der Waals surface area contributed by atoms with Crippen LogP contribution in [0.3, 0.4) is 0 Å². The molecule has 0 spiro atoms. The molecule has 0 bridgehead atoms. The van der Waals surface area contributed by atoms with Crippen LogP contribution in [0.15, 0.2) is 64.4 Å². The van der Waals surface area contributed by atoms with E-state index in [2.05, 4.69) is 19.7 Å². The van der Waals surface area contributed by atoms with Gasteiger partial charge in [0.25, 0.3) is 0 Å². The van der Waals surface area contributed by atoms with Crippen LogP contribution in [0, 0.1) is 0 Å². The van der Waals surface area contributed by atoms with Crippen LogP contribution < -0.4 is 0 Å². The van der Waals surface area contributed by atoms with Gasteiger partial charge in [-0.1, -0.05) is 59.2 Å². The normalized spacial score (nSPS) is 11.2. The SMILES string of the molecule is COCCCn1c(SCc2coc(-c3ccccc3Cl)n2)nnc1-c1ccccc1Cl. The summed E-state index contributed by atoms with van der Waals surface area (Å²) >= 11 is 14.2. The highest BCUT2D eigenvalue weighted by Gasteiger charge is 2.17. The second-order valence-electron chi connectivity index (χ2n) is 6.70. The van der Waals surface area contributed by atoms with Crippen molar-refractivity contribution in [2.24, 2.45) is 0 Å². The number of nitrogens with zero attached hydrogens (tertiary/aromatic N) is 4. The summed E-state index contributed by atoms with van der Waals surface area (Å²) in [7, 11) is 1.69.